The third-order valence-corrected chi connectivity index (χ3v) is 8.69. The average molecular weight is 462 g/mol. The number of unbranched alkanes of at least 4 members (excludes halogenated alkanes) is 9. The van der Waals surface area contributed by atoms with E-state index in [0.717, 1.165) is 19.3 Å². The van der Waals surface area contributed by atoms with Crippen molar-refractivity contribution in [2.75, 3.05) is 0 Å². The zero-order valence-electron chi connectivity index (χ0n) is 18.3. The molecule has 0 heterocycles. The molecule has 0 aliphatic rings. The molecule has 1 aromatic carbocycles. The van der Waals surface area contributed by atoms with Crippen LogP contribution in [0.2, 0.25) is 0 Å². The van der Waals surface area contributed by atoms with Gasteiger partial charge in [-0.3, -0.25) is 0 Å². The number of hydrogen-bond acceptors (Lipinski definition) is 5. The van der Waals surface area contributed by atoms with E-state index in [1.807, 2.05) is 13.8 Å². The Hall–Kier alpha value is -0.396. The minimum absolute atomic E-state index is 0.000223. The normalized spacial score (nSPS) is 13.0. The Morgan fingerprint density at radius 3 is 1.90 bits per heavy atom. The first-order valence-electron chi connectivity index (χ1n) is 11.1. The molecule has 0 aliphatic heterocycles. The molecule has 0 fully saturated rings. The van der Waals surface area contributed by atoms with Crippen LogP contribution in [0.4, 0.5) is 0 Å². The Morgan fingerprint density at radius 2 is 1.38 bits per heavy atom. The van der Waals surface area contributed by atoms with E-state index in [1.165, 1.54) is 63.5 Å². The van der Waals surface area contributed by atoms with Crippen LogP contribution < -0.4 is 0 Å². The van der Waals surface area contributed by atoms with Gasteiger partial charge in [-0.1, -0.05) is 13.3 Å². The van der Waals surface area contributed by atoms with Gasteiger partial charge in [-0.2, -0.15) is 0 Å². The predicted octanol–water partition coefficient (Wildman–Crippen LogP) is 6.54. The Balaban J connectivity index is 2.28. The number of hydrogen-bond donors (Lipinski definition) is 0. The van der Waals surface area contributed by atoms with Gasteiger partial charge < -0.3 is 0 Å². The fraction of sp³-hybridized carbons (Fsp3) is 0.727. The van der Waals surface area contributed by atoms with Crippen LogP contribution in [0.25, 0.3) is 0 Å². The molecule has 0 N–H and O–H groups in total. The molecule has 0 spiro atoms. The molecule has 0 bridgehead atoms. The first-order chi connectivity index (χ1) is 13.9. The summed E-state index contributed by atoms with van der Waals surface area (Å²) < 4.78 is 47.0. The maximum atomic E-state index is 12.3. The van der Waals surface area contributed by atoms with Crippen molar-refractivity contribution < 1.29 is 36.4 Å². The van der Waals surface area contributed by atoms with Crippen molar-refractivity contribution in [2.45, 2.75) is 102 Å². The SMILES string of the molecule is CCCCCCCCCCCCC([O][Ti](=[O])[O]S(=O)(=O)c1ccccc1)C(C)C. The van der Waals surface area contributed by atoms with Gasteiger partial charge >= 0.3 is 172 Å². The summed E-state index contributed by atoms with van der Waals surface area (Å²) >= 11 is -3.83. The second kappa shape index (κ2) is 15.4. The zero-order chi connectivity index (χ0) is 21.5. The van der Waals surface area contributed by atoms with Crippen LogP contribution in [0, 0.1) is 5.92 Å². The van der Waals surface area contributed by atoms with Crippen LogP contribution in [-0.2, 0) is 38.1 Å². The molecule has 5 nitrogen and oxygen atoms in total. The summed E-state index contributed by atoms with van der Waals surface area (Å²) in [6.07, 6.45) is 13.1. The van der Waals surface area contributed by atoms with Gasteiger partial charge in [0.05, 0.1) is 0 Å². The van der Waals surface area contributed by atoms with E-state index in [-0.39, 0.29) is 16.9 Å². The van der Waals surface area contributed by atoms with Gasteiger partial charge in [0, 0.05) is 0 Å². The van der Waals surface area contributed by atoms with E-state index in [4.69, 9.17) is 6.08 Å². The van der Waals surface area contributed by atoms with Crippen LogP contribution in [-0.4, -0.2) is 14.5 Å². The molecule has 1 unspecified atom stereocenters. The van der Waals surface area contributed by atoms with E-state index >= 15 is 0 Å². The van der Waals surface area contributed by atoms with Crippen molar-refractivity contribution in [3.05, 3.63) is 30.3 Å². The van der Waals surface area contributed by atoms with Crippen molar-refractivity contribution in [3.63, 3.8) is 0 Å². The molecule has 0 aromatic heterocycles. The third-order valence-electron chi connectivity index (χ3n) is 5.04. The second-order valence-electron chi connectivity index (χ2n) is 7.97. The van der Waals surface area contributed by atoms with E-state index in [9.17, 15) is 11.7 Å². The Morgan fingerprint density at radius 1 is 0.862 bits per heavy atom. The maximum absolute atomic E-state index is 12.3. The van der Waals surface area contributed by atoms with Crippen LogP contribution in [0.3, 0.4) is 0 Å². The first-order valence-corrected chi connectivity index (χ1v) is 14.4. The predicted molar refractivity (Wildman–Crippen MR) is 112 cm³/mol. The molecule has 1 rings (SSSR count). The standard InChI is InChI=1S/C16H33O.C6H6O3S.O.Ti/c1-4-5-6-7-8-9-10-11-12-13-14-16(17)15(2)3;7-10(8,9)6-4-2-1-3-5-6;;/h15-16H,4-14H2,1-3H3;1-5H,(H,7,8,9);;/q-1;;;+2/p-1. The van der Waals surface area contributed by atoms with Crippen molar-refractivity contribution in [3.8, 4) is 0 Å². The molecular weight excluding hydrogens is 424 g/mol. The Bertz CT molecular complexity index is 661. The minimum atomic E-state index is -4.04. The third kappa shape index (κ3) is 12.1. The van der Waals surface area contributed by atoms with Gasteiger partial charge in [0.25, 0.3) is 0 Å². The van der Waals surface area contributed by atoms with Crippen LogP contribution in [0.15, 0.2) is 35.2 Å². The molecule has 0 radical (unpaired) electrons. The summed E-state index contributed by atoms with van der Waals surface area (Å²) in [6, 6.07) is 7.76. The van der Waals surface area contributed by atoms with Gasteiger partial charge in [0.1, 0.15) is 0 Å². The molecule has 1 atom stereocenters. The van der Waals surface area contributed by atoms with Crippen molar-refractivity contribution in [1.82, 2.24) is 0 Å². The van der Waals surface area contributed by atoms with Crippen LogP contribution >= 0.6 is 0 Å². The van der Waals surface area contributed by atoms with Crippen molar-refractivity contribution >= 4 is 10.1 Å². The zero-order valence-corrected chi connectivity index (χ0v) is 20.6. The van der Waals surface area contributed by atoms with Gasteiger partial charge in [0.2, 0.25) is 0 Å². The van der Waals surface area contributed by atoms with Crippen molar-refractivity contribution in [2.24, 2.45) is 5.92 Å². The first kappa shape index (κ1) is 26.6. The fourth-order valence-corrected chi connectivity index (χ4v) is 6.50. The monoisotopic (exact) mass is 462 g/mol. The Labute approximate surface area is 184 Å². The topological polar surface area (TPSA) is 69.7 Å². The second-order valence-corrected chi connectivity index (χ2v) is 11.4. The van der Waals surface area contributed by atoms with E-state index in [2.05, 4.69) is 6.92 Å². The molecule has 166 valence electrons. The molecule has 0 saturated carbocycles. The summed E-state index contributed by atoms with van der Waals surface area (Å²) in [5, 5.41) is 0. The van der Waals surface area contributed by atoms with E-state index in [0.29, 0.717) is 0 Å². The summed E-state index contributed by atoms with van der Waals surface area (Å²) in [5.74, 6) is 0.160. The molecule has 1 aromatic rings. The summed E-state index contributed by atoms with van der Waals surface area (Å²) in [7, 11) is -4.04. The van der Waals surface area contributed by atoms with E-state index in [1.54, 1.807) is 18.2 Å². The van der Waals surface area contributed by atoms with E-state index < -0.39 is 28.7 Å². The molecule has 7 heteroatoms. The van der Waals surface area contributed by atoms with Gasteiger partial charge in [0.15, 0.2) is 0 Å². The quantitative estimate of drug-likeness (QED) is 0.194. The van der Waals surface area contributed by atoms with Crippen LogP contribution in [0.5, 0.6) is 0 Å². The van der Waals surface area contributed by atoms with Crippen LogP contribution in [0.1, 0.15) is 91.4 Å². The number of benzene rings is 1. The molecule has 0 saturated heterocycles. The number of rotatable bonds is 17. The molecule has 29 heavy (non-hydrogen) atoms. The Kier molecular flexibility index (Phi) is 14.2. The van der Waals surface area contributed by atoms with Gasteiger partial charge in [-0.15, -0.1) is 0 Å². The molecule has 0 aliphatic carbocycles. The molecular formula is C22H38O5STi. The fourth-order valence-electron chi connectivity index (χ4n) is 3.23. The summed E-state index contributed by atoms with van der Waals surface area (Å²) in [4.78, 5) is 0.000223. The van der Waals surface area contributed by atoms with Gasteiger partial charge in [-0.25, -0.2) is 0 Å². The average Bonchev–Trinajstić information content (AvgIpc) is 2.68. The summed E-state index contributed by atoms with van der Waals surface area (Å²) in [5.41, 5.74) is 0. The molecule has 0 amide bonds. The van der Waals surface area contributed by atoms with Crippen molar-refractivity contribution in [1.29, 1.82) is 0 Å². The summed E-state index contributed by atoms with van der Waals surface area (Å²) in [6.45, 7) is 6.23. The van der Waals surface area contributed by atoms with Gasteiger partial charge in [-0.05, 0) is 0 Å².